The highest BCUT2D eigenvalue weighted by atomic mass is 35.5. The molecule has 1 heterocycles. The lowest BCUT2D eigenvalue weighted by Gasteiger charge is -2.06. The fourth-order valence-electron chi connectivity index (χ4n) is 1.55. The summed E-state index contributed by atoms with van der Waals surface area (Å²) in [5.41, 5.74) is 2.68. The third-order valence-corrected chi connectivity index (χ3v) is 2.82. The van der Waals surface area contributed by atoms with Crippen LogP contribution in [0.2, 0.25) is 5.02 Å². The zero-order chi connectivity index (χ0) is 12.4. The summed E-state index contributed by atoms with van der Waals surface area (Å²) in [6.07, 6.45) is 0. The zero-order valence-electron chi connectivity index (χ0n) is 9.45. The molecule has 0 saturated heterocycles. The Labute approximate surface area is 109 Å². The number of benzene rings is 1. The lowest BCUT2D eigenvalue weighted by molar-refractivity contribution is 0.415. The Morgan fingerprint density at radius 2 is 2.12 bits per heavy atom. The van der Waals surface area contributed by atoms with Gasteiger partial charge in [-0.3, -0.25) is 0 Å². The molecule has 88 valence electrons. The molecule has 2 aromatic rings. The lowest BCUT2D eigenvalue weighted by Crippen LogP contribution is -1.91. The van der Waals surface area contributed by atoms with E-state index in [1.165, 1.54) is 0 Å². The molecule has 0 saturated carbocycles. The number of methoxy groups -OCH3 is 1. The minimum atomic E-state index is 0.465. The van der Waals surface area contributed by atoms with Crippen LogP contribution in [0.25, 0.3) is 11.3 Å². The summed E-state index contributed by atoms with van der Waals surface area (Å²) in [5, 5.41) is 0.559. The number of ether oxygens (including phenoxy) is 1. The van der Waals surface area contributed by atoms with Crippen molar-refractivity contribution in [1.29, 1.82) is 0 Å². The minimum Gasteiger partial charge on any atom is -0.495 e. The van der Waals surface area contributed by atoms with Crippen LogP contribution in [0, 0.1) is 11.7 Å². The predicted molar refractivity (Wildman–Crippen MR) is 71.2 cm³/mol. The normalized spacial score (nSPS) is 10.3. The predicted octanol–water partition coefficient (Wildman–Crippen LogP) is 3.78. The van der Waals surface area contributed by atoms with Gasteiger partial charge >= 0.3 is 0 Å². The molecular formula is C12H11ClN2OS. The molecule has 0 unspecified atom stereocenters. The highest BCUT2D eigenvalue weighted by Gasteiger charge is 2.05. The van der Waals surface area contributed by atoms with E-state index < -0.39 is 0 Å². The number of hydrogen-bond donors (Lipinski definition) is 1. The smallest absolute Gasteiger partial charge is 0.197 e. The van der Waals surface area contributed by atoms with Crippen LogP contribution in [0.1, 0.15) is 5.69 Å². The van der Waals surface area contributed by atoms with E-state index in [0.717, 1.165) is 17.0 Å². The molecule has 2 rings (SSSR count). The average molecular weight is 267 g/mol. The van der Waals surface area contributed by atoms with Gasteiger partial charge in [0.2, 0.25) is 0 Å². The van der Waals surface area contributed by atoms with Gasteiger partial charge in [-0.15, -0.1) is 0 Å². The second-order valence-electron chi connectivity index (χ2n) is 3.60. The monoisotopic (exact) mass is 266 g/mol. The Balaban J connectivity index is 2.53. The third kappa shape index (κ3) is 2.65. The van der Waals surface area contributed by atoms with Crippen molar-refractivity contribution in [1.82, 2.24) is 9.97 Å². The maximum Gasteiger partial charge on any atom is 0.197 e. The van der Waals surface area contributed by atoms with Crippen LogP contribution in [0.15, 0.2) is 24.3 Å². The summed E-state index contributed by atoms with van der Waals surface area (Å²) in [6, 6.07) is 7.46. The molecule has 1 aromatic heterocycles. The fraction of sp³-hybridized carbons (Fsp3) is 0.167. The van der Waals surface area contributed by atoms with Crippen LogP contribution in [-0.4, -0.2) is 17.1 Å². The molecule has 0 aliphatic rings. The number of nitrogens with zero attached hydrogens (tertiary/aromatic N) is 1. The SMILES string of the molecule is COc1ccc(-c2cc(C)[nH]c(=S)n2)cc1Cl. The van der Waals surface area contributed by atoms with Crippen molar-refractivity contribution in [2.24, 2.45) is 0 Å². The van der Waals surface area contributed by atoms with Gasteiger partial charge in [0.25, 0.3) is 0 Å². The first-order valence-electron chi connectivity index (χ1n) is 5.02. The number of aromatic nitrogens is 2. The highest BCUT2D eigenvalue weighted by Crippen LogP contribution is 2.29. The van der Waals surface area contributed by atoms with Crippen molar-refractivity contribution >= 4 is 23.8 Å². The van der Waals surface area contributed by atoms with Crippen molar-refractivity contribution in [3.05, 3.63) is 39.8 Å². The number of nitrogens with one attached hydrogen (secondary N) is 1. The molecule has 5 heteroatoms. The molecule has 1 aromatic carbocycles. The standard InChI is InChI=1S/C12H11ClN2OS/c1-7-5-10(15-12(17)14-7)8-3-4-11(16-2)9(13)6-8/h3-6H,1-2H3,(H,14,15,17). The Morgan fingerprint density at radius 1 is 1.35 bits per heavy atom. The van der Waals surface area contributed by atoms with E-state index in [1.807, 2.05) is 31.2 Å². The van der Waals surface area contributed by atoms with Gasteiger partial charge < -0.3 is 9.72 Å². The Hall–Kier alpha value is -1.39. The number of halogens is 1. The van der Waals surface area contributed by atoms with Crippen LogP contribution in [0.5, 0.6) is 5.75 Å². The summed E-state index contributed by atoms with van der Waals surface area (Å²) in [6.45, 7) is 1.94. The van der Waals surface area contributed by atoms with Crippen LogP contribution < -0.4 is 4.74 Å². The largest absolute Gasteiger partial charge is 0.495 e. The quantitative estimate of drug-likeness (QED) is 0.841. The van der Waals surface area contributed by atoms with Crippen molar-refractivity contribution in [2.75, 3.05) is 7.11 Å². The first kappa shape index (κ1) is 12.1. The summed E-state index contributed by atoms with van der Waals surface area (Å²) in [4.78, 5) is 7.22. The van der Waals surface area contributed by atoms with Gasteiger partial charge in [-0.2, -0.15) is 0 Å². The molecular weight excluding hydrogens is 256 g/mol. The van der Waals surface area contributed by atoms with E-state index in [-0.39, 0.29) is 0 Å². The van der Waals surface area contributed by atoms with Gasteiger partial charge in [-0.05, 0) is 43.4 Å². The van der Waals surface area contributed by atoms with Crippen LogP contribution in [0.4, 0.5) is 0 Å². The summed E-state index contributed by atoms with van der Waals surface area (Å²) in [5.74, 6) is 0.647. The molecule has 0 spiro atoms. The number of rotatable bonds is 2. The van der Waals surface area contributed by atoms with Gasteiger partial charge in [0, 0.05) is 11.3 Å². The first-order valence-corrected chi connectivity index (χ1v) is 5.80. The van der Waals surface area contributed by atoms with E-state index in [1.54, 1.807) is 7.11 Å². The Kier molecular flexibility index (Phi) is 3.45. The molecule has 0 amide bonds. The van der Waals surface area contributed by atoms with Crippen LogP contribution >= 0.6 is 23.8 Å². The first-order chi connectivity index (χ1) is 8.10. The van der Waals surface area contributed by atoms with E-state index in [4.69, 9.17) is 28.6 Å². The molecule has 17 heavy (non-hydrogen) atoms. The molecule has 0 atom stereocenters. The van der Waals surface area contributed by atoms with Gasteiger partial charge in [-0.1, -0.05) is 11.6 Å². The molecule has 3 nitrogen and oxygen atoms in total. The molecule has 1 N–H and O–H groups in total. The Morgan fingerprint density at radius 3 is 2.71 bits per heavy atom. The summed E-state index contributed by atoms with van der Waals surface area (Å²) < 4.78 is 5.57. The molecule has 0 bridgehead atoms. The van der Waals surface area contributed by atoms with Crippen molar-refractivity contribution in [3.8, 4) is 17.0 Å². The summed E-state index contributed by atoms with van der Waals surface area (Å²) in [7, 11) is 1.59. The second kappa shape index (κ2) is 4.85. The number of hydrogen-bond acceptors (Lipinski definition) is 3. The van der Waals surface area contributed by atoms with Crippen LogP contribution in [-0.2, 0) is 0 Å². The van der Waals surface area contributed by atoms with Gasteiger partial charge in [-0.25, -0.2) is 4.98 Å². The van der Waals surface area contributed by atoms with Crippen molar-refractivity contribution in [2.45, 2.75) is 6.92 Å². The fourth-order valence-corrected chi connectivity index (χ4v) is 2.07. The van der Waals surface area contributed by atoms with E-state index in [2.05, 4.69) is 9.97 Å². The topological polar surface area (TPSA) is 37.9 Å². The molecule has 0 fully saturated rings. The summed E-state index contributed by atoms with van der Waals surface area (Å²) >= 11 is 11.1. The lowest BCUT2D eigenvalue weighted by atomic mass is 10.1. The maximum absolute atomic E-state index is 6.07. The van der Waals surface area contributed by atoms with Gasteiger partial charge in [0.05, 0.1) is 17.8 Å². The van der Waals surface area contributed by atoms with Crippen molar-refractivity contribution < 1.29 is 4.74 Å². The van der Waals surface area contributed by atoms with Gasteiger partial charge in [0.15, 0.2) is 4.77 Å². The van der Waals surface area contributed by atoms with E-state index >= 15 is 0 Å². The van der Waals surface area contributed by atoms with E-state index in [0.29, 0.717) is 15.5 Å². The molecule has 0 aliphatic carbocycles. The zero-order valence-corrected chi connectivity index (χ0v) is 11.0. The highest BCUT2D eigenvalue weighted by molar-refractivity contribution is 7.71. The van der Waals surface area contributed by atoms with Crippen LogP contribution in [0.3, 0.4) is 0 Å². The van der Waals surface area contributed by atoms with Crippen molar-refractivity contribution in [3.63, 3.8) is 0 Å². The van der Waals surface area contributed by atoms with Gasteiger partial charge in [0.1, 0.15) is 5.75 Å². The minimum absolute atomic E-state index is 0.465. The number of H-pyrrole nitrogens is 1. The number of aromatic amines is 1. The molecule has 0 aliphatic heterocycles. The maximum atomic E-state index is 6.07. The molecule has 0 radical (unpaired) electrons. The third-order valence-electron chi connectivity index (χ3n) is 2.33. The van der Waals surface area contributed by atoms with E-state index in [9.17, 15) is 0 Å². The second-order valence-corrected chi connectivity index (χ2v) is 4.40. The Bertz CT molecular complexity index is 610. The number of aryl methyl sites for hydroxylation is 1. The average Bonchev–Trinajstić information content (AvgIpc) is 2.27.